The van der Waals surface area contributed by atoms with Crippen molar-refractivity contribution in [3.63, 3.8) is 0 Å². The van der Waals surface area contributed by atoms with Crippen molar-refractivity contribution in [3.05, 3.63) is 22.6 Å². The molecule has 2 rings (SSSR count). The molecule has 0 unspecified atom stereocenters. The van der Waals surface area contributed by atoms with E-state index in [2.05, 4.69) is 5.10 Å². The second-order valence-corrected chi connectivity index (χ2v) is 4.54. The number of aryl methyl sites for hydroxylation is 1. The zero-order valence-electron chi connectivity index (χ0n) is 9.43. The van der Waals surface area contributed by atoms with Gasteiger partial charge in [-0.15, -0.1) is 0 Å². The predicted octanol–water partition coefficient (Wildman–Crippen LogP) is 1.92. The van der Waals surface area contributed by atoms with Gasteiger partial charge in [-0.2, -0.15) is 5.10 Å². The Labute approximate surface area is 94.9 Å². The van der Waals surface area contributed by atoms with Crippen molar-refractivity contribution in [2.75, 3.05) is 0 Å². The summed E-state index contributed by atoms with van der Waals surface area (Å²) in [6.45, 7) is 0.623. The monoisotopic (exact) mass is 222 g/mol. The van der Waals surface area contributed by atoms with Gasteiger partial charge in [-0.3, -0.25) is 4.79 Å². The Morgan fingerprint density at radius 2 is 2.12 bits per heavy atom. The summed E-state index contributed by atoms with van der Waals surface area (Å²) in [4.78, 5) is 11.5. The van der Waals surface area contributed by atoms with E-state index < -0.39 is 0 Å². The van der Waals surface area contributed by atoms with Crippen molar-refractivity contribution in [1.82, 2.24) is 9.78 Å². The molecule has 1 N–H and O–H groups in total. The van der Waals surface area contributed by atoms with Crippen LogP contribution < -0.4 is 5.56 Å². The Bertz CT molecular complexity index is 394. The largest absolute Gasteiger partial charge is 0.503 e. The van der Waals surface area contributed by atoms with Crippen molar-refractivity contribution >= 4 is 0 Å². The molecule has 0 aliphatic heterocycles. The second-order valence-electron chi connectivity index (χ2n) is 4.54. The minimum absolute atomic E-state index is 0.210. The highest BCUT2D eigenvalue weighted by Crippen LogP contribution is 2.26. The van der Waals surface area contributed by atoms with Crippen LogP contribution in [0, 0.1) is 5.92 Å². The first-order valence-electron chi connectivity index (χ1n) is 6.02. The SMILES string of the molecule is O=c1c(O)ccnn1CCC1CCCCC1. The molecule has 0 spiro atoms. The topological polar surface area (TPSA) is 55.1 Å². The summed E-state index contributed by atoms with van der Waals surface area (Å²) in [7, 11) is 0. The third-order valence-corrected chi connectivity index (χ3v) is 3.37. The molecule has 0 radical (unpaired) electrons. The Morgan fingerprint density at radius 1 is 1.38 bits per heavy atom. The van der Waals surface area contributed by atoms with Gasteiger partial charge in [-0.05, 0) is 12.3 Å². The average Bonchev–Trinajstić information content (AvgIpc) is 2.32. The van der Waals surface area contributed by atoms with Crippen molar-refractivity contribution in [1.29, 1.82) is 0 Å². The van der Waals surface area contributed by atoms with E-state index in [0.29, 0.717) is 6.54 Å². The minimum atomic E-state index is -0.377. The number of nitrogens with zero attached hydrogens (tertiary/aromatic N) is 2. The summed E-state index contributed by atoms with van der Waals surface area (Å²) in [6, 6.07) is 1.33. The standard InChI is InChI=1S/C12H18N2O2/c15-11-6-8-13-14(12(11)16)9-7-10-4-2-1-3-5-10/h6,8,10,15H,1-5,7,9H2. The highest BCUT2D eigenvalue weighted by atomic mass is 16.3. The highest BCUT2D eigenvalue weighted by molar-refractivity contribution is 5.11. The maximum absolute atomic E-state index is 11.5. The molecule has 0 saturated heterocycles. The Kier molecular flexibility index (Phi) is 3.59. The van der Waals surface area contributed by atoms with Crippen LogP contribution in [-0.2, 0) is 6.54 Å². The van der Waals surface area contributed by atoms with Gasteiger partial charge < -0.3 is 5.11 Å². The van der Waals surface area contributed by atoms with E-state index in [4.69, 9.17) is 0 Å². The van der Waals surface area contributed by atoms with Gasteiger partial charge >= 0.3 is 5.56 Å². The number of rotatable bonds is 3. The summed E-state index contributed by atoms with van der Waals surface area (Å²) < 4.78 is 1.37. The van der Waals surface area contributed by atoms with Crippen LogP contribution in [0.25, 0.3) is 0 Å². The van der Waals surface area contributed by atoms with Gasteiger partial charge in [0.05, 0.1) is 6.20 Å². The highest BCUT2D eigenvalue weighted by Gasteiger charge is 2.13. The third-order valence-electron chi connectivity index (χ3n) is 3.37. The predicted molar refractivity (Wildman–Crippen MR) is 61.4 cm³/mol. The van der Waals surface area contributed by atoms with Crippen LogP contribution in [0.15, 0.2) is 17.1 Å². The smallest absolute Gasteiger partial charge is 0.308 e. The summed E-state index contributed by atoms with van der Waals surface area (Å²) in [6.07, 6.45) is 8.98. The number of aromatic nitrogens is 2. The van der Waals surface area contributed by atoms with Gasteiger partial charge in [0.2, 0.25) is 0 Å². The van der Waals surface area contributed by atoms with Crippen LogP contribution in [0.5, 0.6) is 5.75 Å². The Hall–Kier alpha value is -1.32. The van der Waals surface area contributed by atoms with E-state index >= 15 is 0 Å². The van der Waals surface area contributed by atoms with E-state index in [-0.39, 0.29) is 11.3 Å². The van der Waals surface area contributed by atoms with Crippen molar-refractivity contribution < 1.29 is 5.11 Å². The Balaban J connectivity index is 1.94. The molecule has 88 valence electrons. The number of hydrogen-bond donors (Lipinski definition) is 1. The maximum Gasteiger partial charge on any atom is 0.308 e. The van der Waals surface area contributed by atoms with Crippen LogP contribution in [0.4, 0.5) is 0 Å². The fourth-order valence-corrected chi connectivity index (χ4v) is 2.38. The first kappa shape index (κ1) is 11.2. The van der Waals surface area contributed by atoms with Crippen LogP contribution in [-0.4, -0.2) is 14.9 Å². The molecule has 0 amide bonds. The van der Waals surface area contributed by atoms with Gasteiger partial charge in [-0.25, -0.2) is 4.68 Å². The average molecular weight is 222 g/mol. The van der Waals surface area contributed by atoms with Crippen molar-refractivity contribution in [3.8, 4) is 5.75 Å². The number of hydrogen-bond acceptors (Lipinski definition) is 3. The molecule has 4 heteroatoms. The third kappa shape index (κ3) is 2.62. The molecule has 1 aromatic rings. The molecule has 4 nitrogen and oxygen atoms in total. The van der Waals surface area contributed by atoms with E-state index in [1.165, 1.54) is 49.0 Å². The van der Waals surface area contributed by atoms with E-state index in [9.17, 15) is 9.90 Å². The summed E-state index contributed by atoms with van der Waals surface area (Å²) >= 11 is 0. The van der Waals surface area contributed by atoms with Crippen LogP contribution in [0.2, 0.25) is 0 Å². The van der Waals surface area contributed by atoms with Gasteiger partial charge in [0.15, 0.2) is 5.75 Å². The fourth-order valence-electron chi connectivity index (χ4n) is 2.38. The lowest BCUT2D eigenvalue weighted by Crippen LogP contribution is -2.23. The normalized spacial score (nSPS) is 17.5. The second kappa shape index (κ2) is 5.14. The quantitative estimate of drug-likeness (QED) is 0.850. The molecule has 1 aromatic heterocycles. The molecular formula is C12H18N2O2. The molecule has 16 heavy (non-hydrogen) atoms. The van der Waals surface area contributed by atoms with Crippen LogP contribution in [0.3, 0.4) is 0 Å². The van der Waals surface area contributed by atoms with Crippen LogP contribution >= 0.6 is 0 Å². The van der Waals surface area contributed by atoms with E-state index in [1.54, 1.807) is 0 Å². The molecular weight excluding hydrogens is 204 g/mol. The first-order valence-corrected chi connectivity index (χ1v) is 6.02. The fraction of sp³-hybridized carbons (Fsp3) is 0.667. The molecule has 0 aromatic carbocycles. The molecule has 1 aliphatic rings. The lowest BCUT2D eigenvalue weighted by molar-refractivity contribution is 0.314. The van der Waals surface area contributed by atoms with Gasteiger partial charge in [-0.1, -0.05) is 32.1 Å². The first-order chi connectivity index (χ1) is 7.77. The summed E-state index contributed by atoms with van der Waals surface area (Å²) in [5.41, 5.74) is -0.377. The molecule has 0 bridgehead atoms. The minimum Gasteiger partial charge on any atom is -0.503 e. The van der Waals surface area contributed by atoms with E-state index in [1.807, 2.05) is 0 Å². The van der Waals surface area contributed by atoms with Crippen LogP contribution in [0.1, 0.15) is 38.5 Å². The van der Waals surface area contributed by atoms with Crippen molar-refractivity contribution in [2.45, 2.75) is 45.1 Å². The molecule has 0 atom stereocenters. The van der Waals surface area contributed by atoms with E-state index in [0.717, 1.165) is 12.3 Å². The maximum atomic E-state index is 11.5. The lowest BCUT2D eigenvalue weighted by atomic mass is 9.87. The zero-order chi connectivity index (χ0) is 11.4. The molecule has 1 aliphatic carbocycles. The zero-order valence-corrected chi connectivity index (χ0v) is 9.43. The summed E-state index contributed by atoms with van der Waals surface area (Å²) in [5, 5.41) is 13.2. The number of aromatic hydroxyl groups is 1. The van der Waals surface area contributed by atoms with Gasteiger partial charge in [0, 0.05) is 12.6 Å². The molecule has 1 fully saturated rings. The molecule has 1 saturated carbocycles. The lowest BCUT2D eigenvalue weighted by Gasteiger charge is -2.21. The Morgan fingerprint density at radius 3 is 2.88 bits per heavy atom. The van der Waals surface area contributed by atoms with Gasteiger partial charge in [0.25, 0.3) is 0 Å². The van der Waals surface area contributed by atoms with Crippen molar-refractivity contribution in [2.24, 2.45) is 5.92 Å². The summed E-state index contributed by atoms with van der Waals surface area (Å²) in [5.74, 6) is 0.517. The molecule has 1 heterocycles. The van der Waals surface area contributed by atoms with Gasteiger partial charge in [0.1, 0.15) is 0 Å².